The molecule has 0 fully saturated rings. The van der Waals surface area contributed by atoms with Crippen molar-refractivity contribution in [2.24, 2.45) is 0 Å². The first kappa shape index (κ1) is 20.1. The van der Waals surface area contributed by atoms with E-state index in [0.29, 0.717) is 0 Å². The van der Waals surface area contributed by atoms with E-state index in [1.165, 1.54) is 85.1 Å². The number of hydrogen-bond acceptors (Lipinski definition) is 1. The van der Waals surface area contributed by atoms with Gasteiger partial charge in [0.2, 0.25) is 0 Å². The smallest absolute Gasteiger partial charge is 0.00675 e. The van der Waals surface area contributed by atoms with Gasteiger partial charge in [0.15, 0.2) is 0 Å². The van der Waals surface area contributed by atoms with Crippen molar-refractivity contribution in [3.05, 3.63) is 70.8 Å². The molecule has 2 aromatic rings. The summed E-state index contributed by atoms with van der Waals surface area (Å²) < 4.78 is 0. The Hall–Kier alpha value is -1.21. The van der Waals surface area contributed by atoms with Crippen LogP contribution < -0.4 is 0 Å². The highest BCUT2D eigenvalue weighted by atomic mass is 32.2. The molecule has 1 heteroatoms. The second-order valence-electron chi connectivity index (χ2n) is 7.09. The Morgan fingerprint density at radius 2 is 1.00 bits per heavy atom. The van der Waals surface area contributed by atoms with E-state index >= 15 is 0 Å². The van der Waals surface area contributed by atoms with Crippen molar-refractivity contribution in [3.8, 4) is 0 Å². The molecular weight excluding hydrogens is 320 g/mol. The number of hydrogen-bond donors (Lipinski definition) is 0. The molecule has 0 heterocycles. The molecule has 0 unspecified atom stereocenters. The van der Waals surface area contributed by atoms with Crippen LogP contribution in [0.15, 0.2) is 48.5 Å². The third kappa shape index (κ3) is 8.14. The fourth-order valence-corrected chi connectivity index (χ4v) is 4.30. The van der Waals surface area contributed by atoms with Crippen LogP contribution in [0.3, 0.4) is 0 Å². The predicted octanol–water partition coefficient (Wildman–Crippen LogP) is 7.16. The minimum absolute atomic E-state index is 1.25. The van der Waals surface area contributed by atoms with Crippen LogP contribution in [0, 0.1) is 13.8 Å². The minimum Gasteiger partial charge on any atom is -0.162 e. The number of aryl methyl sites for hydroxylation is 4. The summed E-state index contributed by atoms with van der Waals surface area (Å²) in [5, 5.41) is 0. The zero-order valence-corrected chi connectivity index (χ0v) is 16.9. The molecule has 0 radical (unpaired) electrons. The summed E-state index contributed by atoms with van der Waals surface area (Å²) in [4.78, 5) is 0. The molecule has 2 rings (SSSR count). The molecule has 0 N–H and O–H groups in total. The summed E-state index contributed by atoms with van der Waals surface area (Å²) in [6.45, 7) is 4.45. The van der Waals surface area contributed by atoms with Gasteiger partial charge in [-0.1, -0.05) is 61.4 Å². The maximum atomic E-state index is 2.28. The van der Waals surface area contributed by atoms with Gasteiger partial charge in [-0.15, -0.1) is 0 Å². The summed E-state index contributed by atoms with van der Waals surface area (Å²) in [6, 6.07) is 17.6. The summed E-state index contributed by atoms with van der Waals surface area (Å²) in [5.74, 6) is 2.68. The van der Waals surface area contributed by atoms with Gasteiger partial charge in [0, 0.05) is 0 Å². The van der Waals surface area contributed by atoms with Crippen LogP contribution in [0.1, 0.15) is 60.8 Å². The maximum Gasteiger partial charge on any atom is -0.00675 e. The van der Waals surface area contributed by atoms with Gasteiger partial charge >= 0.3 is 0 Å². The fraction of sp³-hybridized carbons (Fsp3) is 0.500. The van der Waals surface area contributed by atoms with Gasteiger partial charge < -0.3 is 0 Å². The van der Waals surface area contributed by atoms with Crippen LogP contribution in [-0.2, 0) is 12.8 Å². The quantitative estimate of drug-likeness (QED) is 0.364. The summed E-state index contributed by atoms with van der Waals surface area (Å²) in [5.41, 5.74) is 5.96. The van der Waals surface area contributed by atoms with Gasteiger partial charge in [0.1, 0.15) is 0 Å². The van der Waals surface area contributed by atoms with Gasteiger partial charge in [0.05, 0.1) is 0 Å². The lowest BCUT2D eigenvalue weighted by Crippen LogP contribution is -1.92. The molecule has 0 saturated heterocycles. The van der Waals surface area contributed by atoms with Crippen LogP contribution >= 0.6 is 11.8 Å². The van der Waals surface area contributed by atoms with E-state index in [0.717, 1.165) is 0 Å². The van der Waals surface area contributed by atoms with E-state index in [1.807, 2.05) is 0 Å². The Bertz CT molecular complexity index is 549. The Kier molecular flexibility index (Phi) is 9.81. The number of unbranched alkanes of at least 4 members (excludes halogenated alkanes) is 4. The summed E-state index contributed by atoms with van der Waals surface area (Å²) >= 11 is 2.15. The third-order valence-corrected chi connectivity index (χ3v) is 6.15. The highest BCUT2D eigenvalue weighted by Gasteiger charge is 1.99. The summed E-state index contributed by atoms with van der Waals surface area (Å²) in [7, 11) is 0. The molecule has 0 nitrogen and oxygen atoms in total. The summed E-state index contributed by atoms with van der Waals surface area (Å²) in [6.07, 6.45) is 10.7. The van der Waals surface area contributed by atoms with Crippen LogP contribution in [0.25, 0.3) is 0 Å². The van der Waals surface area contributed by atoms with E-state index in [2.05, 4.69) is 74.1 Å². The average molecular weight is 355 g/mol. The normalized spacial score (nSPS) is 11.0. The first-order chi connectivity index (χ1) is 12.3. The molecule has 0 spiro atoms. The molecule has 0 aliphatic carbocycles. The molecule has 0 atom stereocenters. The first-order valence-electron chi connectivity index (χ1n) is 9.94. The Morgan fingerprint density at radius 1 is 0.560 bits per heavy atom. The predicted molar refractivity (Wildman–Crippen MR) is 115 cm³/mol. The average Bonchev–Trinajstić information content (AvgIpc) is 2.62. The number of rotatable bonds is 12. The van der Waals surface area contributed by atoms with Crippen molar-refractivity contribution in [3.63, 3.8) is 0 Å². The lowest BCUT2D eigenvalue weighted by Gasteiger charge is -2.06. The topological polar surface area (TPSA) is 0 Å². The molecule has 0 saturated carbocycles. The van der Waals surface area contributed by atoms with E-state index < -0.39 is 0 Å². The van der Waals surface area contributed by atoms with Gasteiger partial charge in [-0.2, -0.15) is 11.8 Å². The first-order valence-corrected chi connectivity index (χ1v) is 11.1. The number of benzene rings is 2. The van der Waals surface area contributed by atoms with Crippen LogP contribution in [0.4, 0.5) is 0 Å². The molecule has 0 aliphatic heterocycles. The third-order valence-electron chi connectivity index (χ3n) is 4.99. The van der Waals surface area contributed by atoms with Crippen molar-refractivity contribution < 1.29 is 0 Å². The van der Waals surface area contributed by atoms with E-state index in [1.54, 1.807) is 0 Å². The molecule has 0 bridgehead atoms. The number of thioether (sulfide) groups is 1. The standard InChI is InChI=1S/C24H34S/c1-21-13-7-9-17-23(21)15-5-3-11-19-25-20-12-4-6-16-24-18-10-8-14-22(24)2/h7-10,13-14,17-18H,3-6,11-12,15-16,19-20H2,1-2H3. The molecule has 25 heavy (non-hydrogen) atoms. The van der Waals surface area contributed by atoms with Crippen molar-refractivity contribution in [2.75, 3.05) is 11.5 Å². The molecule has 2 aromatic carbocycles. The van der Waals surface area contributed by atoms with E-state index in [4.69, 9.17) is 0 Å². The highest BCUT2D eigenvalue weighted by Crippen LogP contribution is 2.15. The Labute approximate surface area is 159 Å². The molecular formula is C24H34S. The van der Waals surface area contributed by atoms with Crippen LogP contribution in [0.2, 0.25) is 0 Å². The monoisotopic (exact) mass is 354 g/mol. The van der Waals surface area contributed by atoms with E-state index in [9.17, 15) is 0 Å². The lowest BCUT2D eigenvalue weighted by molar-refractivity contribution is 0.713. The van der Waals surface area contributed by atoms with Gasteiger partial charge in [0.25, 0.3) is 0 Å². The van der Waals surface area contributed by atoms with E-state index in [-0.39, 0.29) is 0 Å². The second kappa shape index (κ2) is 12.2. The Morgan fingerprint density at radius 3 is 1.44 bits per heavy atom. The van der Waals surface area contributed by atoms with Gasteiger partial charge in [-0.25, -0.2) is 0 Å². The molecule has 0 aliphatic rings. The zero-order valence-electron chi connectivity index (χ0n) is 16.1. The van der Waals surface area contributed by atoms with Gasteiger partial charge in [-0.3, -0.25) is 0 Å². The minimum atomic E-state index is 1.25. The maximum absolute atomic E-state index is 2.28. The highest BCUT2D eigenvalue weighted by molar-refractivity contribution is 7.99. The van der Waals surface area contributed by atoms with Crippen molar-refractivity contribution in [1.82, 2.24) is 0 Å². The molecule has 0 amide bonds. The second-order valence-corrected chi connectivity index (χ2v) is 8.31. The van der Waals surface area contributed by atoms with Gasteiger partial charge in [-0.05, 0) is 86.1 Å². The van der Waals surface area contributed by atoms with Crippen molar-refractivity contribution in [1.29, 1.82) is 0 Å². The molecule has 136 valence electrons. The van der Waals surface area contributed by atoms with Crippen LogP contribution in [0.5, 0.6) is 0 Å². The fourth-order valence-electron chi connectivity index (χ4n) is 3.28. The van der Waals surface area contributed by atoms with Crippen LogP contribution in [-0.4, -0.2) is 11.5 Å². The largest absolute Gasteiger partial charge is 0.162 e. The Balaban J connectivity index is 1.40. The zero-order chi connectivity index (χ0) is 17.7. The van der Waals surface area contributed by atoms with Crippen molar-refractivity contribution >= 4 is 11.8 Å². The van der Waals surface area contributed by atoms with Crippen molar-refractivity contribution in [2.45, 2.75) is 65.2 Å². The SMILES string of the molecule is Cc1ccccc1CCCCCSCCCCCc1ccccc1C. The molecule has 0 aromatic heterocycles. The lowest BCUT2D eigenvalue weighted by atomic mass is 10.0.